The Kier molecular flexibility index (Phi) is 4.88. The molecule has 19 heavy (non-hydrogen) atoms. The Morgan fingerprint density at radius 1 is 1.32 bits per heavy atom. The highest BCUT2D eigenvalue weighted by atomic mass is 19.4. The monoisotopic (exact) mass is 279 g/mol. The number of halogens is 4. The molecule has 0 saturated carbocycles. The highest BCUT2D eigenvalue weighted by Crippen LogP contribution is 2.27. The molecule has 0 aliphatic heterocycles. The molecule has 0 heterocycles. The number of rotatable bonds is 5. The Balaban J connectivity index is 2.65. The number of carbonyl (C=O) groups is 1. The van der Waals surface area contributed by atoms with Gasteiger partial charge in [-0.05, 0) is 24.7 Å². The predicted molar refractivity (Wildman–Crippen MR) is 59.9 cm³/mol. The number of carboxylic acids is 1. The molecule has 0 aromatic heterocycles. The van der Waals surface area contributed by atoms with Crippen molar-refractivity contribution in [1.82, 2.24) is 4.90 Å². The van der Waals surface area contributed by atoms with Gasteiger partial charge >= 0.3 is 12.1 Å². The van der Waals surface area contributed by atoms with Crippen LogP contribution in [-0.4, -0.2) is 35.7 Å². The largest absolute Gasteiger partial charge is 0.481 e. The van der Waals surface area contributed by atoms with Gasteiger partial charge < -0.3 is 10.0 Å². The van der Waals surface area contributed by atoms with Gasteiger partial charge in [0.2, 0.25) is 0 Å². The minimum Gasteiger partial charge on any atom is -0.481 e. The van der Waals surface area contributed by atoms with E-state index in [9.17, 15) is 22.4 Å². The summed E-state index contributed by atoms with van der Waals surface area (Å²) in [5, 5.41) is 8.56. The van der Waals surface area contributed by atoms with Crippen molar-refractivity contribution in [2.24, 2.45) is 5.92 Å². The summed E-state index contributed by atoms with van der Waals surface area (Å²) in [4.78, 5) is 11.8. The summed E-state index contributed by atoms with van der Waals surface area (Å²) in [5.74, 6) is -4.78. The molecular formula is C12H13F4NO2. The van der Waals surface area contributed by atoms with Gasteiger partial charge in [-0.15, -0.1) is 0 Å². The zero-order valence-corrected chi connectivity index (χ0v) is 10.1. The van der Waals surface area contributed by atoms with Crippen molar-refractivity contribution in [2.75, 3.05) is 13.6 Å². The van der Waals surface area contributed by atoms with Crippen molar-refractivity contribution in [3.05, 3.63) is 35.6 Å². The van der Waals surface area contributed by atoms with E-state index in [1.165, 1.54) is 36.2 Å². The van der Waals surface area contributed by atoms with Crippen LogP contribution >= 0.6 is 0 Å². The topological polar surface area (TPSA) is 40.5 Å². The first kappa shape index (κ1) is 15.4. The van der Waals surface area contributed by atoms with Gasteiger partial charge in [-0.1, -0.05) is 12.1 Å². The maximum absolute atomic E-state index is 12.7. The lowest BCUT2D eigenvalue weighted by Gasteiger charge is -2.23. The third kappa shape index (κ3) is 4.86. The van der Waals surface area contributed by atoms with Gasteiger partial charge in [0.1, 0.15) is 5.82 Å². The maximum Gasteiger partial charge on any atom is 0.403 e. The first-order chi connectivity index (χ1) is 8.70. The van der Waals surface area contributed by atoms with E-state index in [1.54, 1.807) is 0 Å². The van der Waals surface area contributed by atoms with Crippen molar-refractivity contribution in [2.45, 2.75) is 12.7 Å². The molecule has 0 radical (unpaired) electrons. The van der Waals surface area contributed by atoms with Crippen LogP contribution in [0, 0.1) is 11.7 Å². The van der Waals surface area contributed by atoms with Gasteiger partial charge in [-0.3, -0.25) is 4.79 Å². The molecule has 0 aliphatic carbocycles. The zero-order chi connectivity index (χ0) is 14.6. The first-order valence-corrected chi connectivity index (χ1v) is 5.42. The van der Waals surface area contributed by atoms with Crippen LogP contribution in [0.2, 0.25) is 0 Å². The van der Waals surface area contributed by atoms with E-state index in [4.69, 9.17) is 5.11 Å². The number of alkyl halides is 3. The normalized spacial score (nSPS) is 13.6. The van der Waals surface area contributed by atoms with Crippen molar-refractivity contribution in [3.63, 3.8) is 0 Å². The second-order valence-corrected chi connectivity index (χ2v) is 4.26. The average Bonchev–Trinajstić information content (AvgIpc) is 2.27. The van der Waals surface area contributed by atoms with Gasteiger partial charge in [0.15, 0.2) is 5.92 Å². The molecule has 0 aliphatic rings. The van der Waals surface area contributed by atoms with Crippen LogP contribution in [0.3, 0.4) is 0 Å². The van der Waals surface area contributed by atoms with E-state index in [0.29, 0.717) is 5.56 Å². The van der Waals surface area contributed by atoms with Crippen LogP contribution in [0.15, 0.2) is 24.3 Å². The van der Waals surface area contributed by atoms with Crippen LogP contribution in [0.1, 0.15) is 5.56 Å². The molecule has 0 bridgehead atoms. The quantitative estimate of drug-likeness (QED) is 0.842. The van der Waals surface area contributed by atoms with E-state index in [2.05, 4.69) is 0 Å². The van der Waals surface area contributed by atoms with Crippen LogP contribution in [-0.2, 0) is 11.3 Å². The third-order valence-electron chi connectivity index (χ3n) is 2.55. The fourth-order valence-corrected chi connectivity index (χ4v) is 1.60. The Labute approximate surface area is 107 Å². The van der Waals surface area contributed by atoms with E-state index in [1.807, 2.05) is 0 Å². The van der Waals surface area contributed by atoms with E-state index >= 15 is 0 Å². The first-order valence-electron chi connectivity index (χ1n) is 5.42. The minimum atomic E-state index is -4.79. The van der Waals surface area contributed by atoms with Crippen molar-refractivity contribution < 1.29 is 27.5 Å². The van der Waals surface area contributed by atoms with Crippen molar-refractivity contribution in [3.8, 4) is 0 Å². The van der Waals surface area contributed by atoms with E-state index in [0.717, 1.165) is 0 Å². The molecule has 3 nitrogen and oxygen atoms in total. The predicted octanol–water partition coefficient (Wildman–Crippen LogP) is 2.52. The van der Waals surface area contributed by atoms with Gasteiger partial charge in [0.25, 0.3) is 0 Å². The fraction of sp³-hybridized carbons (Fsp3) is 0.417. The van der Waals surface area contributed by atoms with Gasteiger partial charge in [-0.2, -0.15) is 13.2 Å². The molecule has 7 heteroatoms. The van der Waals surface area contributed by atoms with Crippen LogP contribution in [0.5, 0.6) is 0 Å². The molecule has 1 N–H and O–H groups in total. The highest BCUT2D eigenvalue weighted by molar-refractivity contribution is 5.71. The molecule has 0 spiro atoms. The average molecular weight is 279 g/mol. The molecule has 0 fully saturated rings. The summed E-state index contributed by atoms with van der Waals surface area (Å²) in [6.45, 7) is -0.545. The lowest BCUT2D eigenvalue weighted by Crippen LogP contribution is -2.39. The lowest BCUT2D eigenvalue weighted by molar-refractivity contribution is -0.196. The molecule has 1 atom stereocenters. The SMILES string of the molecule is CN(Cc1ccc(F)cc1)CC(C(=O)O)C(F)(F)F. The number of aliphatic carboxylic acids is 1. The molecular weight excluding hydrogens is 266 g/mol. The Morgan fingerprint density at radius 2 is 1.84 bits per heavy atom. The van der Waals surface area contributed by atoms with Gasteiger partial charge in [0, 0.05) is 13.1 Å². The summed E-state index contributed by atoms with van der Waals surface area (Å²) < 4.78 is 50.1. The molecule has 1 rings (SSSR count). The van der Waals surface area contributed by atoms with Crippen LogP contribution in [0.25, 0.3) is 0 Å². The standard InChI is InChI=1S/C12H13F4NO2/c1-17(6-8-2-4-9(13)5-3-8)7-10(11(18)19)12(14,15)16/h2-5,10H,6-7H2,1H3,(H,18,19). The summed E-state index contributed by atoms with van der Waals surface area (Å²) in [7, 11) is 1.38. The summed E-state index contributed by atoms with van der Waals surface area (Å²) in [5.41, 5.74) is 0.607. The van der Waals surface area contributed by atoms with Gasteiger partial charge in [0.05, 0.1) is 0 Å². The second kappa shape index (κ2) is 6.01. The molecule has 1 aromatic rings. The maximum atomic E-state index is 12.7. The number of hydrogen-bond acceptors (Lipinski definition) is 2. The number of carboxylic acid groups (broad SMARTS) is 1. The van der Waals surface area contributed by atoms with Crippen LogP contribution in [0.4, 0.5) is 17.6 Å². The van der Waals surface area contributed by atoms with Crippen LogP contribution < -0.4 is 0 Å². The summed E-state index contributed by atoms with van der Waals surface area (Å²) in [6, 6.07) is 5.27. The Hall–Kier alpha value is -1.63. The van der Waals surface area contributed by atoms with E-state index < -0.39 is 30.4 Å². The summed E-state index contributed by atoms with van der Waals surface area (Å²) >= 11 is 0. The zero-order valence-electron chi connectivity index (χ0n) is 10.1. The lowest BCUT2D eigenvalue weighted by atomic mass is 10.1. The highest BCUT2D eigenvalue weighted by Gasteiger charge is 2.45. The number of nitrogens with zero attached hydrogens (tertiary/aromatic N) is 1. The Bertz CT molecular complexity index is 430. The smallest absolute Gasteiger partial charge is 0.403 e. The Morgan fingerprint density at radius 3 is 2.26 bits per heavy atom. The van der Waals surface area contributed by atoms with Crippen molar-refractivity contribution in [1.29, 1.82) is 0 Å². The molecule has 106 valence electrons. The van der Waals surface area contributed by atoms with E-state index in [-0.39, 0.29) is 6.54 Å². The number of hydrogen-bond donors (Lipinski definition) is 1. The molecule has 1 aromatic carbocycles. The molecule has 1 unspecified atom stereocenters. The van der Waals surface area contributed by atoms with Gasteiger partial charge in [-0.25, -0.2) is 4.39 Å². The molecule has 0 saturated heterocycles. The number of benzene rings is 1. The minimum absolute atomic E-state index is 0.111. The fourth-order valence-electron chi connectivity index (χ4n) is 1.60. The molecule has 0 amide bonds. The van der Waals surface area contributed by atoms with Crippen molar-refractivity contribution >= 4 is 5.97 Å². The second-order valence-electron chi connectivity index (χ2n) is 4.26. The summed E-state index contributed by atoms with van der Waals surface area (Å²) in [6.07, 6.45) is -4.79. The third-order valence-corrected chi connectivity index (χ3v) is 2.55.